The van der Waals surface area contributed by atoms with Crippen LogP contribution in [0.3, 0.4) is 0 Å². The van der Waals surface area contributed by atoms with Gasteiger partial charge in [0.1, 0.15) is 11.4 Å². The molecule has 4 N–H and O–H groups in total. The van der Waals surface area contributed by atoms with Crippen LogP contribution in [-0.2, 0) is 9.36 Å². The van der Waals surface area contributed by atoms with E-state index in [1.807, 2.05) is 6.07 Å². The Morgan fingerprint density at radius 3 is 2.88 bits per heavy atom. The summed E-state index contributed by atoms with van der Waals surface area (Å²) < 4.78 is 15.6. The zero-order valence-corrected chi connectivity index (χ0v) is 13.5. The van der Waals surface area contributed by atoms with Gasteiger partial charge in [0.05, 0.1) is 0 Å². The molecule has 1 aromatic carbocycles. The average Bonchev–Trinajstić information content (AvgIpc) is 3.08. The van der Waals surface area contributed by atoms with Crippen LogP contribution in [0.25, 0.3) is 22.7 Å². The lowest BCUT2D eigenvalue weighted by Crippen LogP contribution is -2.03. The molecule has 3 heterocycles. The van der Waals surface area contributed by atoms with Crippen LogP contribution in [-0.4, -0.2) is 25.7 Å². The van der Waals surface area contributed by atoms with E-state index in [0.29, 0.717) is 22.5 Å². The smallest absolute Gasteiger partial charge is 0.404 e. The highest BCUT2D eigenvalue weighted by atomic mass is 31.2. The van der Waals surface area contributed by atoms with E-state index in [-0.39, 0.29) is 11.7 Å². The third-order valence-electron chi connectivity index (χ3n) is 3.78. The Morgan fingerprint density at radius 2 is 2.08 bits per heavy atom. The minimum Gasteiger partial charge on any atom is -0.404 e. The van der Waals surface area contributed by atoms with E-state index in [2.05, 4.69) is 19.8 Å². The summed E-state index contributed by atoms with van der Waals surface area (Å²) in [4.78, 5) is 37.4. The van der Waals surface area contributed by atoms with Gasteiger partial charge in [0.25, 0.3) is 5.91 Å². The third-order valence-corrected chi connectivity index (χ3v) is 4.23. The minimum absolute atomic E-state index is 0.0184. The molecule has 0 spiro atoms. The maximum absolute atomic E-state index is 12.3. The van der Waals surface area contributed by atoms with E-state index >= 15 is 0 Å². The number of hydrogen-bond donors (Lipinski definition) is 4. The number of anilines is 1. The standard InChI is InChI=1S/C16H12N3O5P/c20-16-13(6-9-8-18-15-11(9)2-1-5-17-15)12-7-10(24-25(21,22)23)3-4-14(12)19-16/h1-8H,(H,17,18)(H,19,20)(H2,21,22,23). The van der Waals surface area contributed by atoms with Gasteiger partial charge < -0.3 is 14.8 Å². The van der Waals surface area contributed by atoms with Gasteiger partial charge in [-0.1, -0.05) is 0 Å². The lowest BCUT2D eigenvalue weighted by molar-refractivity contribution is -0.110. The molecule has 0 fully saturated rings. The van der Waals surface area contributed by atoms with Crippen LogP contribution in [0.15, 0.2) is 42.7 Å². The van der Waals surface area contributed by atoms with Gasteiger partial charge in [0, 0.05) is 40.2 Å². The van der Waals surface area contributed by atoms with Crippen molar-refractivity contribution in [2.45, 2.75) is 0 Å². The Morgan fingerprint density at radius 1 is 1.24 bits per heavy atom. The molecule has 1 aliphatic heterocycles. The molecule has 2 aromatic heterocycles. The summed E-state index contributed by atoms with van der Waals surface area (Å²) in [6, 6.07) is 8.02. The number of pyridine rings is 1. The lowest BCUT2D eigenvalue weighted by atomic mass is 10.0. The summed E-state index contributed by atoms with van der Waals surface area (Å²) in [6.07, 6.45) is 5.11. The molecule has 1 amide bonds. The van der Waals surface area contributed by atoms with E-state index in [1.54, 1.807) is 24.5 Å². The molecule has 25 heavy (non-hydrogen) atoms. The van der Waals surface area contributed by atoms with Crippen LogP contribution in [0.5, 0.6) is 5.75 Å². The van der Waals surface area contributed by atoms with E-state index < -0.39 is 7.82 Å². The number of hydrogen-bond acceptors (Lipinski definition) is 4. The molecule has 0 bridgehead atoms. The summed E-state index contributed by atoms with van der Waals surface area (Å²) in [7, 11) is -4.67. The van der Waals surface area contributed by atoms with E-state index in [0.717, 1.165) is 10.9 Å². The molecule has 3 aromatic rings. The SMILES string of the molecule is O=C1Nc2ccc(OP(=O)(O)O)cc2C1=Cc1c[nH]c2ncccc12. The van der Waals surface area contributed by atoms with Crippen molar-refractivity contribution >= 4 is 42.1 Å². The van der Waals surface area contributed by atoms with E-state index in [4.69, 9.17) is 9.79 Å². The predicted octanol–water partition coefficient (Wildman–Crippen LogP) is 2.53. The van der Waals surface area contributed by atoms with Crippen molar-refractivity contribution < 1.29 is 23.7 Å². The largest absolute Gasteiger partial charge is 0.524 e. The first-order valence-corrected chi connectivity index (χ1v) is 8.78. The topological polar surface area (TPSA) is 125 Å². The highest BCUT2D eigenvalue weighted by molar-refractivity contribution is 7.46. The van der Waals surface area contributed by atoms with Gasteiger partial charge in [-0.15, -0.1) is 0 Å². The van der Waals surface area contributed by atoms with Gasteiger partial charge in [0.15, 0.2) is 0 Å². The summed E-state index contributed by atoms with van der Waals surface area (Å²) >= 11 is 0. The normalized spacial score (nSPS) is 15.4. The zero-order chi connectivity index (χ0) is 17.6. The summed E-state index contributed by atoms with van der Waals surface area (Å²) in [6.45, 7) is 0. The molecule has 0 atom stereocenters. The van der Waals surface area contributed by atoms with E-state index in [9.17, 15) is 9.36 Å². The second-order valence-corrected chi connectivity index (χ2v) is 6.61. The van der Waals surface area contributed by atoms with E-state index in [1.165, 1.54) is 18.2 Å². The Kier molecular flexibility index (Phi) is 3.47. The second-order valence-electron chi connectivity index (χ2n) is 5.44. The number of phosphoric ester groups is 1. The Bertz CT molecular complexity index is 1080. The maximum atomic E-state index is 12.3. The number of fused-ring (bicyclic) bond motifs is 2. The number of rotatable bonds is 3. The number of carbonyl (C=O) groups excluding carboxylic acids is 1. The fourth-order valence-electron chi connectivity index (χ4n) is 2.76. The number of benzene rings is 1. The number of nitrogens with zero attached hydrogens (tertiary/aromatic N) is 1. The summed E-state index contributed by atoms with van der Waals surface area (Å²) in [5, 5.41) is 3.58. The number of H-pyrrole nitrogens is 1. The van der Waals surface area contributed by atoms with Gasteiger partial charge in [-0.05, 0) is 36.4 Å². The van der Waals surface area contributed by atoms with Crippen molar-refractivity contribution in [2.75, 3.05) is 5.32 Å². The number of amides is 1. The van der Waals surface area contributed by atoms with Crippen molar-refractivity contribution in [3.05, 3.63) is 53.9 Å². The Balaban J connectivity index is 1.81. The van der Waals surface area contributed by atoms with Crippen molar-refractivity contribution in [2.24, 2.45) is 0 Å². The number of phosphoric acid groups is 1. The molecule has 0 saturated heterocycles. The monoisotopic (exact) mass is 357 g/mol. The molecular weight excluding hydrogens is 345 g/mol. The van der Waals surface area contributed by atoms with Crippen molar-refractivity contribution in [1.29, 1.82) is 0 Å². The van der Waals surface area contributed by atoms with Crippen LogP contribution >= 0.6 is 7.82 Å². The van der Waals surface area contributed by atoms with Gasteiger partial charge in [-0.3, -0.25) is 14.6 Å². The first-order valence-electron chi connectivity index (χ1n) is 7.25. The third kappa shape index (κ3) is 2.94. The van der Waals surface area contributed by atoms with Gasteiger partial charge in [0.2, 0.25) is 0 Å². The fourth-order valence-corrected chi connectivity index (χ4v) is 3.14. The molecule has 0 unspecified atom stereocenters. The number of aromatic nitrogens is 2. The highest BCUT2D eigenvalue weighted by Crippen LogP contribution is 2.41. The maximum Gasteiger partial charge on any atom is 0.524 e. The number of aromatic amines is 1. The first-order chi connectivity index (χ1) is 11.9. The van der Waals surface area contributed by atoms with Gasteiger partial charge >= 0.3 is 7.82 Å². The Hall–Kier alpha value is -2.93. The predicted molar refractivity (Wildman–Crippen MR) is 91.7 cm³/mol. The quantitative estimate of drug-likeness (QED) is 0.422. The van der Waals surface area contributed by atoms with Crippen LogP contribution < -0.4 is 9.84 Å². The second kappa shape index (κ2) is 5.56. The first kappa shape index (κ1) is 15.6. The van der Waals surface area contributed by atoms with Gasteiger partial charge in [-0.2, -0.15) is 0 Å². The summed E-state index contributed by atoms with van der Waals surface area (Å²) in [5.41, 5.74) is 2.91. The van der Waals surface area contributed by atoms with Crippen molar-refractivity contribution in [3.63, 3.8) is 0 Å². The molecule has 4 rings (SSSR count). The molecule has 126 valence electrons. The molecule has 1 aliphatic rings. The molecule has 0 radical (unpaired) electrons. The van der Waals surface area contributed by atoms with Crippen molar-refractivity contribution in [3.8, 4) is 5.75 Å². The fraction of sp³-hybridized carbons (Fsp3) is 0. The molecule has 8 nitrogen and oxygen atoms in total. The Labute approximate surface area is 141 Å². The molecule has 9 heteroatoms. The molecule has 0 saturated carbocycles. The zero-order valence-electron chi connectivity index (χ0n) is 12.6. The number of carbonyl (C=O) groups is 1. The summed E-state index contributed by atoms with van der Waals surface area (Å²) in [5.74, 6) is -0.323. The van der Waals surface area contributed by atoms with Crippen LogP contribution in [0.4, 0.5) is 5.69 Å². The average molecular weight is 357 g/mol. The number of nitrogens with one attached hydrogen (secondary N) is 2. The highest BCUT2D eigenvalue weighted by Gasteiger charge is 2.26. The lowest BCUT2D eigenvalue weighted by Gasteiger charge is -2.08. The molecule has 0 aliphatic carbocycles. The van der Waals surface area contributed by atoms with Crippen molar-refractivity contribution in [1.82, 2.24) is 9.97 Å². The molecular formula is C16H12N3O5P. The van der Waals surface area contributed by atoms with Crippen LogP contribution in [0.1, 0.15) is 11.1 Å². The minimum atomic E-state index is -4.67. The van der Waals surface area contributed by atoms with Crippen LogP contribution in [0, 0.1) is 0 Å². The van der Waals surface area contributed by atoms with Crippen LogP contribution in [0.2, 0.25) is 0 Å². The van der Waals surface area contributed by atoms with Gasteiger partial charge in [-0.25, -0.2) is 9.55 Å².